The number of aliphatic carboxylic acids is 1. The maximum absolute atomic E-state index is 12.1. The molecule has 3 N–H and O–H groups in total. The summed E-state index contributed by atoms with van der Waals surface area (Å²) in [6.07, 6.45) is -0.214. The first-order chi connectivity index (χ1) is 20.7. The molecule has 0 heterocycles. The van der Waals surface area contributed by atoms with Gasteiger partial charge in [0.2, 0.25) is 0 Å². The Morgan fingerprint density at radius 1 is 1.09 bits per heavy atom. The van der Waals surface area contributed by atoms with E-state index in [0.29, 0.717) is 30.2 Å². The van der Waals surface area contributed by atoms with Crippen LogP contribution >= 0.6 is 0 Å². The third-order valence-electron chi connectivity index (χ3n) is 7.42. The maximum atomic E-state index is 12.1. The summed E-state index contributed by atoms with van der Waals surface area (Å²) in [6.45, 7) is 8.84. The highest BCUT2D eigenvalue weighted by Crippen LogP contribution is 2.32. The molecule has 1 aliphatic carbocycles. The molecule has 0 saturated carbocycles. The molecule has 0 aromatic heterocycles. The van der Waals surface area contributed by atoms with E-state index in [1.165, 1.54) is 11.1 Å². The van der Waals surface area contributed by atoms with Gasteiger partial charge in [0, 0.05) is 18.5 Å². The quantitative estimate of drug-likeness (QED) is 0.227. The van der Waals surface area contributed by atoms with Gasteiger partial charge in [-0.3, -0.25) is 4.79 Å². The second-order valence-corrected chi connectivity index (χ2v) is 11.7. The number of β-amino-alcohol motifs (C(OH)–C–C–N with tert-alkyl or cyclic N) is 1. The van der Waals surface area contributed by atoms with Crippen molar-refractivity contribution in [3.8, 4) is 11.8 Å². The van der Waals surface area contributed by atoms with Crippen molar-refractivity contribution < 1.29 is 42.4 Å². The van der Waals surface area contributed by atoms with E-state index in [2.05, 4.69) is 49.5 Å². The highest BCUT2D eigenvalue weighted by Gasteiger charge is 2.38. The van der Waals surface area contributed by atoms with Crippen molar-refractivity contribution in [1.29, 1.82) is 5.26 Å². The maximum Gasteiger partial charge on any atom is 0.490 e. The Morgan fingerprint density at radius 2 is 1.68 bits per heavy atom. The monoisotopic (exact) mass is 620 g/mol. The number of aryl methyl sites for hydroxylation is 1. The van der Waals surface area contributed by atoms with Crippen LogP contribution in [0.1, 0.15) is 75.6 Å². The molecule has 2 aromatic carbocycles. The number of ether oxygens (including phenoxy) is 2. The first-order valence-electron chi connectivity index (χ1n) is 14.8. The van der Waals surface area contributed by atoms with Gasteiger partial charge in [0.05, 0.1) is 5.56 Å². The number of nitrogens with one attached hydrogen (secondary N) is 1. The van der Waals surface area contributed by atoms with Crippen LogP contribution in [-0.2, 0) is 33.6 Å². The minimum atomic E-state index is -5.08. The third-order valence-corrected chi connectivity index (χ3v) is 7.42. The molecule has 11 heteroatoms. The molecule has 0 amide bonds. The van der Waals surface area contributed by atoms with Crippen LogP contribution in [0.3, 0.4) is 0 Å². The number of hydrogen-bond donors (Lipinski definition) is 3. The first-order valence-corrected chi connectivity index (χ1v) is 14.8. The van der Waals surface area contributed by atoms with Gasteiger partial charge in [-0.15, -0.1) is 0 Å². The zero-order valence-corrected chi connectivity index (χ0v) is 25.7. The molecular weight excluding hydrogens is 577 g/mol. The van der Waals surface area contributed by atoms with Crippen molar-refractivity contribution in [3.05, 3.63) is 64.7 Å². The Morgan fingerprint density at radius 3 is 2.20 bits per heavy atom. The molecule has 1 atom stereocenters. The molecule has 44 heavy (non-hydrogen) atoms. The summed E-state index contributed by atoms with van der Waals surface area (Å²) in [4.78, 5) is 21.0. The number of carboxylic acid groups (broad SMARTS) is 1. The Kier molecular flexibility index (Phi) is 14.1. The molecule has 0 unspecified atom stereocenters. The second kappa shape index (κ2) is 17.0. The number of carbonyl (C=O) groups excluding carboxylic acids is 1. The summed E-state index contributed by atoms with van der Waals surface area (Å²) in [5, 5.41) is 30.7. The second-order valence-electron chi connectivity index (χ2n) is 11.7. The van der Waals surface area contributed by atoms with E-state index in [1.807, 2.05) is 19.9 Å². The van der Waals surface area contributed by atoms with Crippen molar-refractivity contribution in [1.82, 2.24) is 5.32 Å². The van der Waals surface area contributed by atoms with Crippen LogP contribution in [0.25, 0.3) is 0 Å². The van der Waals surface area contributed by atoms with Gasteiger partial charge in [0.25, 0.3) is 0 Å². The van der Waals surface area contributed by atoms with Gasteiger partial charge in [-0.1, -0.05) is 44.2 Å². The number of carboxylic acids is 1. The summed E-state index contributed by atoms with van der Waals surface area (Å²) in [6, 6.07) is 16.1. The van der Waals surface area contributed by atoms with Crippen LogP contribution in [0.4, 0.5) is 13.2 Å². The van der Waals surface area contributed by atoms with Crippen molar-refractivity contribution >= 4 is 11.9 Å². The number of aliphatic hydroxyl groups is 1. The summed E-state index contributed by atoms with van der Waals surface area (Å²) in [7, 11) is 0. The van der Waals surface area contributed by atoms with Crippen molar-refractivity contribution in [2.45, 2.75) is 96.6 Å². The molecule has 0 aliphatic heterocycles. The van der Waals surface area contributed by atoms with E-state index in [4.69, 9.17) is 19.4 Å². The van der Waals surface area contributed by atoms with E-state index in [-0.39, 0.29) is 30.6 Å². The van der Waals surface area contributed by atoms with Gasteiger partial charge in [-0.25, -0.2) is 4.79 Å². The lowest BCUT2D eigenvalue weighted by Crippen LogP contribution is -2.46. The van der Waals surface area contributed by atoms with Crippen LogP contribution in [0.15, 0.2) is 42.5 Å². The van der Waals surface area contributed by atoms with Gasteiger partial charge >= 0.3 is 18.1 Å². The molecule has 1 aliphatic rings. The van der Waals surface area contributed by atoms with Gasteiger partial charge in [-0.2, -0.15) is 18.4 Å². The van der Waals surface area contributed by atoms with Crippen molar-refractivity contribution in [3.63, 3.8) is 0 Å². The number of hydrogen-bond acceptors (Lipinski definition) is 7. The number of esters is 1. The van der Waals surface area contributed by atoms with Gasteiger partial charge in [0.1, 0.15) is 30.6 Å². The number of fused-ring (bicyclic) bond motifs is 1. The largest absolute Gasteiger partial charge is 0.490 e. The minimum Gasteiger partial charge on any atom is -0.489 e. The topological polar surface area (TPSA) is 129 Å². The SMILES string of the molecule is CCC(CC)OC(=O)CCc1ccc(C#N)c(OC[C@H](O)CNC(C)(C)CC2Cc3ccccc3C2)c1.O=C(O)C(F)(F)F. The molecule has 0 radical (unpaired) electrons. The third kappa shape index (κ3) is 12.5. The number of rotatable bonds is 14. The molecule has 0 spiro atoms. The fourth-order valence-electron chi connectivity index (χ4n) is 5.11. The minimum absolute atomic E-state index is 0.0399. The van der Waals surface area contributed by atoms with Crippen molar-refractivity contribution in [2.75, 3.05) is 13.2 Å². The van der Waals surface area contributed by atoms with Crippen LogP contribution < -0.4 is 10.1 Å². The van der Waals surface area contributed by atoms with E-state index in [9.17, 15) is 28.3 Å². The number of carbonyl (C=O) groups is 2. The average Bonchev–Trinajstić information content (AvgIpc) is 3.38. The number of alkyl halides is 3. The first kappa shape index (κ1) is 36.6. The standard InChI is InChI=1S/C31H42N2O4.C2HF3O2/c1-5-28(6-2)37-30(35)14-12-22-11-13-26(19-32)29(17-22)36-21-27(34)20-33-31(3,4)18-23-15-24-9-7-8-10-25(24)16-23;3-2(4,5)1(6)7/h7-11,13,17,23,27-28,33-34H,5-6,12,14-16,18,20-21H2,1-4H3;(H,6,7)/t27-;/m1./s1. The van der Waals surface area contributed by atoms with Gasteiger partial charge < -0.3 is 25.0 Å². The highest BCUT2D eigenvalue weighted by atomic mass is 19.4. The molecule has 0 fully saturated rings. The average molecular weight is 621 g/mol. The van der Waals surface area contributed by atoms with Crippen molar-refractivity contribution in [2.24, 2.45) is 5.92 Å². The van der Waals surface area contributed by atoms with E-state index in [1.54, 1.807) is 12.1 Å². The van der Waals surface area contributed by atoms with Crippen LogP contribution in [-0.4, -0.2) is 59.2 Å². The Labute approximate surface area is 257 Å². The number of nitrogens with zero attached hydrogens (tertiary/aromatic N) is 1. The Balaban J connectivity index is 0.000000860. The van der Waals surface area contributed by atoms with Crippen LogP contribution in [0.2, 0.25) is 0 Å². The fourth-order valence-corrected chi connectivity index (χ4v) is 5.11. The fraction of sp³-hybridized carbons (Fsp3) is 0.545. The predicted octanol–water partition coefficient (Wildman–Crippen LogP) is 5.77. The summed E-state index contributed by atoms with van der Waals surface area (Å²) in [5.41, 5.74) is 4.09. The molecule has 242 valence electrons. The lowest BCUT2D eigenvalue weighted by atomic mass is 9.88. The normalized spacial score (nSPS) is 13.8. The van der Waals surface area contributed by atoms with Gasteiger partial charge in [0.15, 0.2) is 0 Å². The molecular formula is C33H43F3N2O6. The number of halogens is 3. The highest BCUT2D eigenvalue weighted by molar-refractivity contribution is 5.73. The molecule has 3 rings (SSSR count). The van der Waals surface area contributed by atoms with E-state index < -0.39 is 18.2 Å². The number of benzene rings is 2. The lowest BCUT2D eigenvalue weighted by molar-refractivity contribution is -0.192. The lowest BCUT2D eigenvalue weighted by Gasteiger charge is -2.30. The zero-order chi connectivity index (χ0) is 32.9. The zero-order valence-electron chi connectivity index (χ0n) is 25.7. The smallest absolute Gasteiger partial charge is 0.489 e. The van der Waals surface area contributed by atoms with Crippen LogP contribution in [0.5, 0.6) is 5.75 Å². The molecule has 8 nitrogen and oxygen atoms in total. The molecule has 0 bridgehead atoms. The van der Waals surface area contributed by atoms with Gasteiger partial charge in [-0.05, 0) is 87.1 Å². The number of nitriles is 1. The predicted molar refractivity (Wildman–Crippen MR) is 159 cm³/mol. The molecule has 0 saturated heterocycles. The molecule has 2 aromatic rings. The summed E-state index contributed by atoms with van der Waals surface area (Å²) < 4.78 is 43.1. The Hall–Kier alpha value is -3.62. The van der Waals surface area contributed by atoms with E-state index >= 15 is 0 Å². The number of aliphatic hydroxyl groups excluding tert-OH is 1. The summed E-state index contributed by atoms with van der Waals surface area (Å²) >= 11 is 0. The van der Waals surface area contributed by atoms with Crippen LogP contribution in [0, 0.1) is 17.2 Å². The summed E-state index contributed by atoms with van der Waals surface area (Å²) in [5.74, 6) is -1.95. The Bertz CT molecular complexity index is 1250. The van der Waals surface area contributed by atoms with E-state index in [0.717, 1.165) is 37.7 Å².